The minimum Gasteiger partial charge on any atom is -0.344 e. The van der Waals surface area contributed by atoms with Crippen LogP contribution in [0.15, 0.2) is 6.07 Å². The molecule has 5 heteroatoms. The molecule has 0 aliphatic carbocycles. The molecule has 0 saturated heterocycles. The van der Waals surface area contributed by atoms with Gasteiger partial charge in [0.2, 0.25) is 0 Å². The zero-order valence-corrected chi connectivity index (χ0v) is 11.8. The Labute approximate surface area is 109 Å². The van der Waals surface area contributed by atoms with Crippen molar-refractivity contribution in [2.24, 2.45) is 12.8 Å². The third-order valence-electron chi connectivity index (χ3n) is 3.65. The summed E-state index contributed by atoms with van der Waals surface area (Å²) >= 11 is 0. The lowest BCUT2D eigenvalue weighted by molar-refractivity contribution is 0.0885. The summed E-state index contributed by atoms with van der Waals surface area (Å²) < 4.78 is 1.63. The average Bonchev–Trinajstić information content (AvgIpc) is 2.77. The summed E-state index contributed by atoms with van der Waals surface area (Å²) in [7, 11) is 1.79. The molecule has 0 aliphatic rings. The van der Waals surface area contributed by atoms with Crippen LogP contribution in [0, 0.1) is 0 Å². The molecule has 0 spiro atoms. The van der Waals surface area contributed by atoms with E-state index in [2.05, 4.69) is 10.4 Å². The second kappa shape index (κ2) is 6.00. The van der Waals surface area contributed by atoms with Crippen molar-refractivity contribution in [2.45, 2.75) is 45.6 Å². The summed E-state index contributed by atoms with van der Waals surface area (Å²) in [6, 6.07) is 1.84. The summed E-state index contributed by atoms with van der Waals surface area (Å²) in [5.41, 5.74) is 6.99. The molecule has 0 saturated carbocycles. The molecule has 0 fully saturated rings. The van der Waals surface area contributed by atoms with Gasteiger partial charge < -0.3 is 11.1 Å². The predicted molar refractivity (Wildman–Crippen MR) is 72.4 cm³/mol. The van der Waals surface area contributed by atoms with Gasteiger partial charge in [0.05, 0.1) is 11.2 Å². The number of nitrogens with one attached hydrogen (secondary N) is 1. The van der Waals surface area contributed by atoms with E-state index in [0.717, 1.165) is 25.0 Å². The Morgan fingerprint density at radius 1 is 1.44 bits per heavy atom. The number of amides is 1. The maximum Gasteiger partial charge on any atom is 0.270 e. The standard InChI is InChI=1S/C13H24N4O/c1-5-10-8-11(17(4)16-10)12(18)15-13(6-2,7-3)9-14/h8H,5-7,9,14H2,1-4H3,(H,15,18). The summed E-state index contributed by atoms with van der Waals surface area (Å²) in [6.45, 7) is 6.55. The molecule has 5 nitrogen and oxygen atoms in total. The van der Waals surface area contributed by atoms with Crippen LogP contribution >= 0.6 is 0 Å². The Hall–Kier alpha value is -1.36. The maximum atomic E-state index is 12.3. The van der Waals surface area contributed by atoms with E-state index in [1.165, 1.54) is 0 Å². The Kier molecular flexibility index (Phi) is 4.90. The second-order valence-corrected chi connectivity index (χ2v) is 4.64. The SMILES string of the molecule is CCc1cc(C(=O)NC(CC)(CC)CN)n(C)n1. The summed E-state index contributed by atoms with van der Waals surface area (Å²) in [6.07, 6.45) is 2.47. The number of hydrogen-bond donors (Lipinski definition) is 2. The quantitative estimate of drug-likeness (QED) is 0.799. The average molecular weight is 252 g/mol. The van der Waals surface area contributed by atoms with Gasteiger partial charge in [-0.1, -0.05) is 20.8 Å². The van der Waals surface area contributed by atoms with Gasteiger partial charge in [-0.25, -0.2) is 0 Å². The number of rotatable bonds is 6. The van der Waals surface area contributed by atoms with Crippen molar-refractivity contribution in [1.82, 2.24) is 15.1 Å². The Morgan fingerprint density at radius 3 is 2.44 bits per heavy atom. The molecule has 1 amide bonds. The summed E-state index contributed by atoms with van der Waals surface area (Å²) in [4.78, 5) is 12.3. The van der Waals surface area contributed by atoms with Crippen molar-refractivity contribution in [3.8, 4) is 0 Å². The zero-order chi connectivity index (χ0) is 13.8. The van der Waals surface area contributed by atoms with Gasteiger partial charge in [-0.3, -0.25) is 9.48 Å². The number of aromatic nitrogens is 2. The van der Waals surface area contributed by atoms with Crippen LogP contribution in [0.2, 0.25) is 0 Å². The van der Waals surface area contributed by atoms with Crippen LogP contribution in [-0.2, 0) is 13.5 Å². The molecule has 1 aromatic rings. The third kappa shape index (κ3) is 2.90. The van der Waals surface area contributed by atoms with E-state index in [0.29, 0.717) is 12.2 Å². The van der Waals surface area contributed by atoms with E-state index >= 15 is 0 Å². The topological polar surface area (TPSA) is 72.9 Å². The lowest BCUT2D eigenvalue weighted by Crippen LogP contribution is -2.53. The highest BCUT2D eigenvalue weighted by Gasteiger charge is 2.27. The molecule has 0 unspecified atom stereocenters. The fourth-order valence-corrected chi connectivity index (χ4v) is 1.98. The van der Waals surface area contributed by atoms with E-state index in [4.69, 9.17) is 5.73 Å². The number of carbonyl (C=O) groups excluding carboxylic acids is 1. The van der Waals surface area contributed by atoms with Crippen molar-refractivity contribution < 1.29 is 4.79 Å². The van der Waals surface area contributed by atoms with Crippen LogP contribution in [0.5, 0.6) is 0 Å². The van der Waals surface area contributed by atoms with E-state index in [1.807, 2.05) is 26.8 Å². The van der Waals surface area contributed by atoms with Crippen LogP contribution in [0.4, 0.5) is 0 Å². The van der Waals surface area contributed by atoms with Crippen LogP contribution in [0.1, 0.15) is 49.8 Å². The van der Waals surface area contributed by atoms with Gasteiger partial charge in [0, 0.05) is 13.6 Å². The molecule has 1 aromatic heterocycles. The van der Waals surface area contributed by atoms with Crippen molar-refractivity contribution >= 4 is 5.91 Å². The van der Waals surface area contributed by atoms with Gasteiger partial charge in [0.1, 0.15) is 5.69 Å². The highest BCUT2D eigenvalue weighted by molar-refractivity contribution is 5.93. The fraction of sp³-hybridized carbons (Fsp3) is 0.692. The number of aryl methyl sites for hydroxylation is 2. The van der Waals surface area contributed by atoms with Crippen molar-refractivity contribution in [1.29, 1.82) is 0 Å². The van der Waals surface area contributed by atoms with Crippen LogP contribution < -0.4 is 11.1 Å². The Bertz CT molecular complexity index is 399. The zero-order valence-electron chi connectivity index (χ0n) is 11.8. The van der Waals surface area contributed by atoms with Gasteiger partial charge in [-0.05, 0) is 25.3 Å². The molecular formula is C13H24N4O. The Balaban J connectivity index is 2.90. The molecule has 0 radical (unpaired) electrons. The van der Waals surface area contributed by atoms with Crippen molar-refractivity contribution in [2.75, 3.05) is 6.54 Å². The molecule has 3 N–H and O–H groups in total. The number of nitrogens with zero attached hydrogens (tertiary/aromatic N) is 2. The van der Waals surface area contributed by atoms with E-state index in [-0.39, 0.29) is 11.4 Å². The normalized spacial score (nSPS) is 11.6. The number of hydrogen-bond acceptors (Lipinski definition) is 3. The first-order valence-electron chi connectivity index (χ1n) is 6.57. The molecule has 18 heavy (non-hydrogen) atoms. The minimum atomic E-state index is -0.312. The fourth-order valence-electron chi connectivity index (χ4n) is 1.98. The van der Waals surface area contributed by atoms with Gasteiger partial charge >= 0.3 is 0 Å². The van der Waals surface area contributed by atoms with Gasteiger partial charge in [0.15, 0.2) is 0 Å². The van der Waals surface area contributed by atoms with Crippen molar-refractivity contribution in [3.63, 3.8) is 0 Å². The van der Waals surface area contributed by atoms with Gasteiger partial charge in [0.25, 0.3) is 5.91 Å². The minimum absolute atomic E-state index is 0.0983. The summed E-state index contributed by atoms with van der Waals surface area (Å²) in [5.74, 6) is -0.0983. The third-order valence-corrected chi connectivity index (χ3v) is 3.65. The molecular weight excluding hydrogens is 228 g/mol. The van der Waals surface area contributed by atoms with Crippen LogP contribution in [0.25, 0.3) is 0 Å². The number of nitrogens with two attached hydrogens (primary N) is 1. The largest absolute Gasteiger partial charge is 0.344 e. The van der Waals surface area contributed by atoms with Crippen LogP contribution in [0.3, 0.4) is 0 Å². The number of carbonyl (C=O) groups is 1. The van der Waals surface area contributed by atoms with Crippen LogP contribution in [-0.4, -0.2) is 27.8 Å². The predicted octanol–water partition coefficient (Wildman–Crippen LogP) is 1.23. The molecule has 0 aromatic carbocycles. The molecule has 102 valence electrons. The highest BCUT2D eigenvalue weighted by atomic mass is 16.2. The van der Waals surface area contributed by atoms with Crippen molar-refractivity contribution in [3.05, 3.63) is 17.5 Å². The second-order valence-electron chi connectivity index (χ2n) is 4.64. The van der Waals surface area contributed by atoms with Gasteiger partial charge in [-0.15, -0.1) is 0 Å². The molecule has 0 bridgehead atoms. The van der Waals surface area contributed by atoms with E-state index in [9.17, 15) is 4.79 Å². The first-order chi connectivity index (χ1) is 8.51. The molecule has 0 atom stereocenters. The maximum absolute atomic E-state index is 12.3. The lowest BCUT2D eigenvalue weighted by Gasteiger charge is -2.31. The van der Waals surface area contributed by atoms with E-state index < -0.39 is 0 Å². The lowest BCUT2D eigenvalue weighted by atomic mass is 9.93. The summed E-state index contributed by atoms with van der Waals surface area (Å²) in [5, 5.41) is 7.33. The molecule has 1 heterocycles. The smallest absolute Gasteiger partial charge is 0.270 e. The monoisotopic (exact) mass is 252 g/mol. The first kappa shape index (κ1) is 14.7. The molecule has 1 rings (SSSR count). The highest BCUT2D eigenvalue weighted by Crippen LogP contribution is 2.15. The molecule has 0 aliphatic heterocycles. The Morgan fingerprint density at radius 2 is 2.06 bits per heavy atom. The first-order valence-corrected chi connectivity index (χ1v) is 6.57. The van der Waals surface area contributed by atoms with Gasteiger partial charge in [-0.2, -0.15) is 5.10 Å². The van der Waals surface area contributed by atoms with E-state index in [1.54, 1.807) is 11.7 Å².